The summed E-state index contributed by atoms with van der Waals surface area (Å²) in [5.74, 6) is 0. The molecule has 0 bridgehead atoms. The fourth-order valence-electron chi connectivity index (χ4n) is 2.92. The lowest BCUT2D eigenvalue weighted by Gasteiger charge is -2.40. The molecule has 0 amide bonds. The van der Waals surface area contributed by atoms with E-state index < -0.39 is 0 Å². The molecule has 1 fully saturated rings. The number of ether oxygens (including phenoxy) is 1. The summed E-state index contributed by atoms with van der Waals surface area (Å²) < 4.78 is 5.47. The number of nitrogens with zero attached hydrogens (tertiary/aromatic N) is 2. The van der Waals surface area contributed by atoms with Gasteiger partial charge in [0, 0.05) is 19.1 Å². The van der Waals surface area contributed by atoms with E-state index in [-0.39, 0.29) is 0 Å². The Morgan fingerprint density at radius 1 is 1.11 bits per heavy atom. The molecule has 108 valence electrons. The van der Waals surface area contributed by atoms with Crippen LogP contribution < -0.4 is 5.32 Å². The largest absolute Gasteiger partial charge is 0.384 e. The van der Waals surface area contributed by atoms with Crippen LogP contribution in [0.25, 0.3) is 0 Å². The molecule has 1 N–H and O–H groups in total. The number of piperidine rings is 1. The zero-order valence-corrected chi connectivity index (χ0v) is 12.7. The van der Waals surface area contributed by atoms with E-state index in [0.29, 0.717) is 5.41 Å². The van der Waals surface area contributed by atoms with Gasteiger partial charge in [-0.15, -0.1) is 0 Å². The molecule has 0 unspecified atom stereocenters. The quantitative estimate of drug-likeness (QED) is 0.699. The van der Waals surface area contributed by atoms with E-state index in [9.17, 15) is 0 Å². The van der Waals surface area contributed by atoms with Crippen molar-refractivity contribution < 1.29 is 4.74 Å². The summed E-state index contributed by atoms with van der Waals surface area (Å²) >= 11 is 0. The van der Waals surface area contributed by atoms with Crippen molar-refractivity contribution in [2.45, 2.75) is 19.3 Å². The fraction of sp³-hybridized carbons (Fsp3) is 1.00. The van der Waals surface area contributed by atoms with Gasteiger partial charge >= 0.3 is 0 Å². The molecule has 0 aromatic rings. The standard InChI is InChI=1S/C14H31N3O/c1-16(2)10-5-11-17(3)12-14(13-18-4)6-8-15-9-7-14/h15H,5-13H2,1-4H3. The Kier molecular flexibility index (Phi) is 7.15. The van der Waals surface area contributed by atoms with Crippen LogP contribution in [0.15, 0.2) is 0 Å². The summed E-state index contributed by atoms with van der Waals surface area (Å²) in [5.41, 5.74) is 0.368. The minimum atomic E-state index is 0.368. The van der Waals surface area contributed by atoms with Crippen molar-refractivity contribution in [1.82, 2.24) is 15.1 Å². The van der Waals surface area contributed by atoms with E-state index in [1.165, 1.54) is 32.4 Å². The first-order valence-electron chi connectivity index (χ1n) is 7.11. The summed E-state index contributed by atoms with van der Waals surface area (Å²) in [6, 6.07) is 0. The predicted octanol–water partition coefficient (Wildman–Crippen LogP) is 0.886. The minimum absolute atomic E-state index is 0.368. The summed E-state index contributed by atoms with van der Waals surface area (Å²) in [6.45, 7) is 6.67. The van der Waals surface area contributed by atoms with Crippen LogP contribution in [-0.2, 0) is 4.74 Å². The molecule has 0 aromatic carbocycles. The molecule has 1 aliphatic rings. The third-order valence-corrected chi connectivity index (χ3v) is 3.87. The number of hydrogen-bond acceptors (Lipinski definition) is 4. The maximum Gasteiger partial charge on any atom is 0.0531 e. The molecule has 0 radical (unpaired) electrons. The Hall–Kier alpha value is -0.160. The summed E-state index contributed by atoms with van der Waals surface area (Å²) in [4.78, 5) is 4.73. The molecular weight excluding hydrogens is 226 g/mol. The average molecular weight is 257 g/mol. The molecule has 1 aliphatic heterocycles. The number of rotatable bonds is 8. The second-order valence-corrected chi connectivity index (χ2v) is 6.08. The zero-order valence-electron chi connectivity index (χ0n) is 12.7. The second kappa shape index (κ2) is 8.10. The Labute approximate surface area is 113 Å². The Morgan fingerprint density at radius 2 is 1.78 bits per heavy atom. The first-order chi connectivity index (χ1) is 8.58. The maximum atomic E-state index is 5.47. The SMILES string of the molecule is COCC1(CN(C)CCCN(C)C)CCNCC1. The third kappa shape index (κ3) is 5.65. The van der Waals surface area contributed by atoms with Crippen LogP contribution in [0.2, 0.25) is 0 Å². The lowest BCUT2D eigenvalue weighted by Crippen LogP contribution is -2.46. The molecule has 0 saturated carbocycles. The highest BCUT2D eigenvalue weighted by atomic mass is 16.5. The van der Waals surface area contributed by atoms with Gasteiger partial charge < -0.3 is 19.9 Å². The van der Waals surface area contributed by atoms with E-state index in [0.717, 1.165) is 26.2 Å². The first-order valence-corrected chi connectivity index (χ1v) is 7.11. The number of methoxy groups -OCH3 is 1. The van der Waals surface area contributed by atoms with Gasteiger partial charge in [-0.25, -0.2) is 0 Å². The molecule has 4 nitrogen and oxygen atoms in total. The molecule has 18 heavy (non-hydrogen) atoms. The third-order valence-electron chi connectivity index (χ3n) is 3.87. The zero-order chi connectivity index (χ0) is 13.4. The van der Waals surface area contributed by atoms with Crippen molar-refractivity contribution in [3.63, 3.8) is 0 Å². The molecule has 0 atom stereocenters. The summed E-state index contributed by atoms with van der Waals surface area (Å²) in [5, 5.41) is 3.45. The van der Waals surface area contributed by atoms with Crippen LogP contribution >= 0.6 is 0 Å². The monoisotopic (exact) mass is 257 g/mol. The number of hydrogen-bond donors (Lipinski definition) is 1. The minimum Gasteiger partial charge on any atom is -0.384 e. The van der Waals surface area contributed by atoms with E-state index in [2.05, 4.69) is 36.3 Å². The molecular formula is C14H31N3O. The molecule has 1 rings (SSSR count). The van der Waals surface area contributed by atoms with Crippen LogP contribution in [0.5, 0.6) is 0 Å². The molecule has 4 heteroatoms. The van der Waals surface area contributed by atoms with Gasteiger partial charge in [0.25, 0.3) is 0 Å². The highest BCUT2D eigenvalue weighted by Gasteiger charge is 2.33. The molecule has 1 heterocycles. The highest BCUT2D eigenvalue weighted by molar-refractivity contribution is 4.87. The van der Waals surface area contributed by atoms with Crippen LogP contribution in [0.4, 0.5) is 0 Å². The van der Waals surface area contributed by atoms with Crippen LogP contribution in [0.3, 0.4) is 0 Å². The number of nitrogens with one attached hydrogen (secondary N) is 1. The lowest BCUT2D eigenvalue weighted by atomic mass is 9.79. The summed E-state index contributed by atoms with van der Waals surface area (Å²) in [7, 11) is 8.35. The maximum absolute atomic E-state index is 5.47. The summed E-state index contributed by atoms with van der Waals surface area (Å²) in [6.07, 6.45) is 3.71. The fourth-order valence-corrected chi connectivity index (χ4v) is 2.92. The van der Waals surface area contributed by atoms with Gasteiger partial charge in [-0.3, -0.25) is 0 Å². The highest BCUT2D eigenvalue weighted by Crippen LogP contribution is 2.29. The van der Waals surface area contributed by atoms with Crippen LogP contribution in [0.1, 0.15) is 19.3 Å². The second-order valence-electron chi connectivity index (χ2n) is 6.08. The van der Waals surface area contributed by atoms with Gasteiger partial charge in [-0.1, -0.05) is 0 Å². The smallest absolute Gasteiger partial charge is 0.0531 e. The Balaban J connectivity index is 2.35. The van der Waals surface area contributed by atoms with Gasteiger partial charge in [0.15, 0.2) is 0 Å². The van der Waals surface area contributed by atoms with Crippen molar-refractivity contribution in [2.75, 3.05) is 67.6 Å². The van der Waals surface area contributed by atoms with Gasteiger partial charge in [0.1, 0.15) is 0 Å². The predicted molar refractivity (Wildman–Crippen MR) is 77.1 cm³/mol. The van der Waals surface area contributed by atoms with E-state index >= 15 is 0 Å². The molecule has 0 aromatic heterocycles. The van der Waals surface area contributed by atoms with Gasteiger partial charge in [0.2, 0.25) is 0 Å². The van der Waals surface area contributed by atoms with Gasteiger partial charge in [-0.05, 0) is 66.6 Å². The van der Waals surface area contributed by atoms with Crippen molar-refractivity contribution in [1.29, 1.82) is 0 Å². The van der Waals surface area contributed by atoms with Gasteiger partial charge in [0.05, 0.1) is 6.61 Å². The van der Waals surface area contributed by atoms with Crippen LogP contribution in [0, 0.1) is 5.41 Å². The van der Waals surface area contributed by atoms with Crippen molar-refractivity contribution >= 4 is 0 Å². The van der Waals surface area contributed by atoms with E-state index in [1.807, 2.05) is 7.11 Å². The van der Waals surface area contributed by atoms with Crippen molar-refractivity contribution in [3.05, 3.63) is 0 Å². The lowest BCUT2D eigenvalue weighted by molar-refractivity contribution is 0.0280. The van der Waals surface area contributed by atoms with Gasteiger partial charge in [-0.2, -0.15) is 0 Å². The van der Waals surface area contributed by atoms with Crippen molar-refractivity contribution in [2.24, 2.45) is 5.41 Å². The Bertz CT molecular complexity index is 210. The normalized spacial score (nSPS) is 19.7. The van der Waals surface area contributed by atoms with E-state index in [1.54, 1.807) is 0 Å². The van der Waals surface area contributed by atoms with Crippen LogP contribution in [-0.4, -0.2) is 77.4 Å². The molecule has 0 spiro atoms. The average Bonchev–Trinajstić information content (AvgIpc) is 2.29. The molecule has 1 saturated heterocycles. The van der Waals surface area contributed by atoms with Crippen molar-refractivity contribution in [3.8, 4) is 0 Å². The Morgan fingerprint density at radius 3 is 2.33 bits per heavy atom. The first kappa shape index (κ1) is 15.9. The molecule has 0 aliphatic carbocycles. The topological polar surface area (TPSA) is 27.7 Å². The van der Waals surface area contributed by atoms with E-state index in [4.69, 9.17) is 4.74 Å².